The zero-order valence-electron chi connectivity index (χ0n) is 12.1. The highest BCUT2D eigenvalue weighted by molar-refractivity contribution is 6.32. The van der Waals surface area contributed by atoms with Gasteiger partial charge in [-0.15, -0.1) is 10.2 Å². The number of hydrogen-bond acceptors (Lipinski definition) is 6. The summed E-state index contributed by atoms with van der Waals surface area (Å²) in [6.07, 6.45) is 0.661. The Hall–Kier alpha value is -2.34. The lowest BCUT2D eigenvalue weighted by Gasteiger charge is -2.08. The molecule has 0 aliphatic heterocycles. The molecule has 0 bridgehead atoms. The second-order valence-corrected chi connectivity index (χ2v) is 5.17. The molecule has 0 N–H and O–H groups in total. The maximum atomic E-state index is 11.4. The molecule has 0 aliphatic carbocycles. The molecule has 114 valence electrons. The van der Waals surface area contributed by atoms with Crippen LogP contribution < -0.4 is 10.4 Å². The fourth-order valence-electron chi connectivity index (χ4n) is 2.06. The minimum absolute atomic E-state index is 0.0915. The van der Waals surface area contributed by atoms with Crippen molar-refractivity contribution in [1.29, 1.82) is 0 Å². The number of halogens is 1. The number of hydrogen-bond donors (Lipinski definition) is 0. The van der Waals surface area contributed by atoms with Crippen LogP contribution in [0.4, 0.5) is 0 Å². The van der Waals surface area contributed by atoms with Gasteiger partial charge in [-0.25, -0.2) is 4.79 Å². The van der Waals surface area contributed by atoms with Crippen LogP contribution in [0.5, 0.6) is 5.75 Å². The molecule has 0 spiro atoms. The van der Waals surface area contributed by atoms with Crippen molar-refractivity contribution in [3.63, 3.8) is 0 Å². The van der Waals surface area contributed by atoms with E-state index in [2.05, 4.69) is 10.2 Å². The number of benzene rings is 1. The average Bonchev–Trinajstić information content (AvgIpc) is 2.94. The third-order valence-electron chi connectivity index (χ3n) is 3.17. The molecule has 0 radical (unpaired) electrons. The molecular formula is C15H13ClN2O4. The monoisotopic (exact) mass is 320 g/mol. The van der Waals surface area contributed by atoms with Crippen LogP contribution in [-0.2, 0) is 13.0 Å². The molecule has 0 fully saturated rings. The maximum absolute atomic E-state index is 11.4. The quantitative estimate of drug-likeness (QED) is 0.686. The first-order valence-electron chi connectivity index (χ1n) is 6.75. The second kappa shape index (κ2) is 5.81. The van der Waals surface area contributed by atoms with Gasteiger partial charge in [-0.1, -0.05) is 18.5 Å². The zero-order chi connectivity index (χ0) is 15.7. The summed E-state index contributed by atoms with van der Waals surface area (Å²) in [4.78, 5) is 11.4. The van der Waals surface area contributed by atoms with Crippen molar-refractivity contribution >= 4 is 22.6 Å². The maximum Gasteiger partial charge on any atom is 0.336 e. The summed E-state index contributed by atoms with van der Waals surface area (Å²) in [7, 11) is 0. The molecule has 3 rings (SSSR count). The molecule has 0 saturated heterocycles. The van der Waals surface area contributed by atoms with E-state index < -0.39 is 5.63 Å². The highest BCUT2D eigenvalue weighted by Crippen LogP contribution is 2.31. The number of nitrogens with zero attached hydrogens (tertiary/aromatic N) is 2. The summed E-state index contributed by atoms with van der Waals surface area (Å²) in [5, 5.41) is 8.90. The van der Waals surface area contributed by atoms with Crippen LogP contribution in [0.15, 0.2) is 31.8 Å². The lowest BCUT2D eigenvalue weighted by molar-refractivity contribution is 0.259. The Labute approximate surface area is 130 Å². The van der Waals surface area contributed by atoms with Crippen molar-refractivity contribution in [2.75, 3.05) is 0 Å². The van der Waals surface area contributed by atoms with E-state index in [0.29, 0.717) is 34.6 Å². The topological polar surface area (TPSA) is 78.4 Å². The predicted molar refractivity (Wildman–Crippen MR) is 80.2 cm³/mol. The molecule has 7 heteroatoms. The minimum atomic E-state index is -0.414. The third-order valence-corrected chi connectivity index (χ3v) is 3.46. The van der Waals surface area contributed by atoms with Crippen molar-refractivity contribution < 1.29 is 13.6 Å². The first-order valence-corrected chi connectivity index (χ1v) is 7.12. The van der Waals surface area contributed by atoms with Gasteiger partial charge >= 0.3 is 5.63 Å². The molecule has 3 aromatic rings. The summed E-state index contributed by atoms with van der Waals surface area (Å²) in [6.45, 7) is 3.83. The molecule has 1 aromatic carbocycles. The highest BCUT2D eigenvalue weighted by Gasteiger charge is 2.11. The van der Waals surface area contributed by atoms with Crippen LogP contribution >= 0.6 is 11.6 Å². The van der Waals surface area contributed by atoms with E-state index in [4.69, 9.17) is 25.2 Å². The fourth-order valence-corrected chi connectivity index (χ4v) is 2.28. The van der Waals surface area contributed by atoms with Crippen molar-refractivity contribution in [3.8, 4) is 5.75 Å². The lowest BCUT2D eigenvalue weighted by Crippen LogP contribution is -2.00. The van der Waals surface area contributed by atoms with E-state index in [1.54, 1.807) is 12.1 Å². The Bertz CT molecular complexity index is 885. The lowest BCUT2D eigenvalue weighted by atomic mass is 10.1. The Kier molecular flexibility index (Phi) is 3.85. The fraction of sp³-hybridized carbons (Fsp3) is 0.267. The van der Waals surface area contributed by atoms with Gasteiger partial charge in [0.1, 0.15) is 11.3 Å². The van der Waals surface area contributed by atoms with Gasteiger partial charge < -0.3 is 13.6 Å². The summed E-state index contributed by atoms with van der Waals surface area (Å²) in [6, 6.07) is 4.71. The number of aromatic nitrogens is 2. The Balaban J connectivity index is 1.90. The van der Waals surface area contributed by atoms with Crippen molar-refractivity contribution in [3.05, 3.63) is 51.0 Å². The third kappa shape index (κ3) is 2.82. The van der Waals surface area contributed by atoms with Gasteiger partial charge in [0.25, 0.3) is 5.89 Å². The summed E-state index contributed by atoms with van der Waals surface area (Å²) in [5.41, 5.74) is 0.802. The molecule has 0 aliphatic rings. The molecular weight excluding hydrogens is 308 g/mol. The van der Waals surface area contributed by atoms with Gasteiger partial charge in [-0.05, 0) is 18.6 Å². The van der Waals surface area contributed by atoms with Crippen molar-refractivity contribution in [2.45, 2.75) is 26.9 Å². The summed E-state index contributed by atoms with van der Waals surface area (Å²) >= 11 is 6.20. The molecule has 0 saturated carbocycles. The Morgan fingerprint density at radius 3 is 2.68 bits per heavy atom. The molecule has 0 unspecified atom stereocenters. The van der Waals surface area contributed by atoms with E-state index in [0.717, 1.165) is 10.9 Å². The number of aryl methyl sites for hydroxylation is 2. The SMILES string of the molecule is CCc1nnc(COc2cc3oc(=O)cc(C)c3cc2Cl)o1. The summed E-state index contributed by atoms with van der Waals surface area (Å²) < 4.78 is 16.1. The van der Waals surface area contributed by atoms with Gasteiger partial charge in [0.05, 0.1) is 5.02 Å². The molecule has 0 amide bonds. The van der Waals surface area contributed by atoms with Gasteiger partial charge in [0.2, 0.25) is 5.89 Å². The van der Waals surface area contributed by atoms with Gasteiger partial charge in [-0.2, -0.15) is 0 Å². The van der Waals surface area contributed by atoms with Gasteiger partial charge in [0.15, 0.2) is 6.61 Å². The van der Waals surface area contributed by atoms with Crippen molar-refractivity contribution in [1.82, 2.24) is 10.2 Å². The van der Waals surface area contributed by atoms with E-state index in [1.165, 1.54) is 6.07 Å². The van der Waals surface area contributed by atoms with E-state index >= 15 is 0 Å². The molecule has 2 aromatic heterocycles. The largest absolute Gasteiger partial charge is 0.482 e. The minimum Gasteiger partial charge on any atom is -0.482 e. The van der Waals surface area contributed by atoms with E-state index in [1.807, 2.05) is 13.8 Å². The molecule has 0 atom stereocenters. The van der Waals surface area contributed by atoms with Gasteiger partial charge in [0, 0.05) is 23.9 Å². The van der Waals surface area contributed by atoms with Crippen LogP contribution in [0, 0.1) is 6.92 Å². The summed E-state index contributed by atoms with van der Waals surface area (Å²) in [5.74, 6) is 1.29. The Morgan fingerprint density at radius 2 is 1.95 bits per heavy atom. The first-order chi connectivity index (χ1) is 10.6. The average molecular weight is 321 g/mol. The van der Waals surface area contributed by atoms with Gasteiger partial charge in [-0.3, -0.25) is 0 Å². The van der Waals surface area contributed by atoms with Crippen LogP contribution in [0.1, 0.15) is 24.3 Å². The zero-order valence-corrected chi connectivity index (χ0v) is 12.8. The van der Waals surface area contributed by atoms with Crippen LogP contribution in [0.25, 0.3) is 11.0 Å². The van der Waals surface area contributed by atoms with Crippen LogP contribution in [0.2, 0.25) is 5.02 Å². The standard InChI is InChI=1S/C15H13ClN2O4/c1-3-13-17-18-14(22-13)7-20-12-6-11-9(5-10(12)16)8(2)4-15(19)21-11/h4-6H,3,7H2,1-2H3. The van der Waals surface area contributed by atoms with Crippen LogP contribution in [-0.4, -0.2) is 10.2 Å². The molecule has 22 heavy (non-hydrogen) atoms. The van der Waals surface area contributed by atoms with Crippen LogP contribution in [0.3, 0.4) is 0 Å². The molecule has 6 nitrogen and oxygen atoms in total. The van der Waals surface area contributed by atoms with E-state index in [-0.39, 0.29) is 6.61 Å². The van der Waals surface area contributed by atoms with Crippen molar-refractivity contribution in [2.24, 2.45) is 0 Å². The second-order valence-electron chi connectivity index (χ2n) is 4.76. The van der Waals surface area contributed by atoms with E-state index in [9.17, 15) is 4.79 Å². The normalized spacial score (nSPS) is 11.0. The highest BCUT2D eigenvalue weighted by atomic mass is 35.5. The molecule has 2 heterocycles. The number of rotatable bonds is 4. The smallest absolute Gasteiger partial charge is 0.336 e. The number of fused-ring (bicyclic) bond motifs is 1. The number of ether oxygens (including phenoxy) is 1. The first kappa shape index (κ1) is 14.6. The predicted octanol–water partition coefficient (Wildman–Crippen LogP) is 3.28. The Morgan fingerprint density at radius 1 is 1.18 bits per heavy atom.